The molecule has 0 saturated heterocycles. The Hall–Kier alpha value is 0.530. The highest BCUT2D eigenvalue weighted by Crippen LogP contribution is 2.07. The van der Waals surface area contributed by atoms with Crippen molar-refractivity contribution in [3.63, 3.8) is 0 Å². The molecule has 0 spiro atoms. The molecule has 0 fully saturated rings. The number of hydrogen-bond donors (Lipinski definition) is 5. The van der Waals surface area contributed by atoms with Gasteiger partial charge < -0.3 is 11.5 Å². The Labute approximate surface area is 61.1 Å². The second-order valence-electron chi connectivity index (χ2n) is 1.70. The van der Waals surface area contributed by atoms with E-state index in [0.717, 1.165) is 0 Å². The van der Waals surface area contributed by atoms with E-state index in [-0.39, 0.29) is 0 Å². The van der Waals surface area contributed by atoms with Crippen LogP contribution in [0, 0.1) is 0 Å². The van der Waals surface area contributed by atoms with Gasteiger partial charge in [0, 0.05) is 0 Å². The standard InChI is InChI=1S/C2H10IN5/c3-1(4,5)2(6,7)8/h4-8H2. The monoisotopic (exact) mass is 231 g/mol. The van der Waals surface area contributed by atoms with Crippen molar-refractivity contribution < 1.29 is 0 Å². The Morgan fingerprint density at radius 3 is 1.00 bits per heavy atom. The van der Waals surface area contributed by atoms with Crippen LogP contribution in [0.25, 0.3) is 0 Å². The van der Waals surface area contributed by atoms with Crippen molar-refractivity contribution >= 4 is 22.6 Å². The fourth-order valence-corrected chi connectivity index (χ4v) is 0. The molecule has 5 nitrogen and oxygen atoms in total. The molecule has 50 valence electrons. The van der Waals surface area contributed by atoms with Crippen LogP contribution in [0.2, 0.25) is 0 Å². The third-order valence-corrected chi connectivity index (χ3v) is 1.60. The maximum Gasteiger partial charge on any atom is 0.163 e. The van der Waals surface area contributed by atoms with Gasteiger partial charge in [0.05, 0.1) is 0 Å². The van der Waals surface area contributed by atoms with Crippen LogP contribution in [0.3, 0.4) is 0 Å². The van der Waals surface area contributed by atoms with Crippen molar-refractivity contribution in [3.05, 3.63) is 0 Å². The molecule has 10 N–H and O–H groups in total. The summed E-state index contributed by atoms with van der Waals surface area (Å²) in [6, 6.07) is 0. The molecule has 0 atom stereocenters. The molecule has 0 heterocycles. The lowest BCUT2D eigenvalue weighted by Crippen LogP contribution is -2.77. The summed E-state index contributed by atoms with van der Waals surface area (Å²) < 4.78 is -1.26. The zero-order valence-corrected chi connectivity index (χ0v) is 6.42. The molecule has 0 radical (unpaired) electrons. The van der Waals surface area contributed by atoms with E-state index in [9.17, 15) is 0 Å². The lowest BCUT2D eigenvalue weighted by atomic mass is 10.3. The normalized spacial score (nSPS) is 14.2. The molecule has 0 aliphatic heterocycles. The van der Waals surface area contributed by atoms with Gasteiger partial charge in [-0.1, -0.05) is 0 Å². The maximum absolute atomic E-state index is 5.20. The van der Waals surface area contributed by atoms with Crippen LogP contribution in [-0.2, 0) is 0 Å². The average Bonchev–Trinajstić information content (AvgIpc) is 1.25. The van der Waals surface area contributed by atoms with Crippen molar-refractivity contribution in [1.82, 2.24) is 0 Å². The number of halogens is 1. The molecule has 0 aliphatic rings. The van der Waals surface area contributed by atoms with Crippen LogP contribution in [0.1, 0.15) is 0 Å². The summed E-state index contributed by atoms with van der Waals surface area (Å²) in [6.45, 7) is 0. The molecule has 0 aromatic rings. The Kier molecular flexibility index (Phi) is 2.18. The zero-order chi connectivity index (χ0) is 7.00. The minimum Gasteiger partial charge on any atom is -0.301 e. The van der Waals surface area contributed by atoms with Crippen LogP contribution in [0.15, 0.2) is 0 Å². The minimum absolute atomic E-state index is 1.26. The molecule has 0 aromatic heterocycles. The number of hydrogen-bond acceptors (Lipinski definition) is 5. The van der Waals surface area contributed by atoms with Crippen molar-refractivity contribution in [3.8, 4) is 0 Å². The molecule has 0 bridgehead atoms. The molecule has 0 rings (SSSR count). The van der Waals surface area contributed by atoms with E-state index < -0.39 is 9.46 Å². The molecule has 0 saturated carbocycles. The first-order chi connectivity index (χ1) is 3.25. The molecule has 8 heavy (non-hydrogen) atoms. The molecular formula is C2H10IN5. The second-order valence-corrected chi connectivity index (χ2v) is 3.49. The predicted molar refractivity (Wildman–Crippen MR) is 40.4 cm³/mol. The number of alkyl halides is 1. The quantitative estimate of drug-likeness (QED) is 0.148. The van der Waals surface area contributed by atoms with E-state index in [1.165, 1.54) is 0 Å². The van der Waals surface area contributed by atoms with E-state index in [1.54, 1.807) is 22.6 Å². The fraction of sp³-hybridized carbons (Fsp3) is 1.00. The predicted octanol–water partition coefficient (Wildman–Crippen LogP) is -2.48. The summed E-state index contributed by atoms with van der Waals surface area (Å²) in [4.78, 5) is 0. The Morgan fingerprint density at radius 2 is 1.00 bits per heavy atom. The first-order valence-corrected chi connectivity index (χ1v) is 2.96. The van der Waals surface area contributed by atoms with Gasteiger partial charge in [0.1, 0.15) is 0 Å². The van der Waals surface area contributed by atoms with Gasteiger partial charge in [-0.3, -0.25) is 17.2 Å². The zero-order valence-electron chi connectivity index (χ0n) is 4.26. The summed E-state index contributed by atoms with van der Waals surface area (Å²) in [5, 5.41) is 0. The number of rotatable bonds is 1. The van der Waals surface area contributed by atoms with E-state index in [2.05, 4.69) is 0 Å². The van der Waals surface area contributed by atoms with Crippen LogP contribution in [-0.4, -0.2) is 9.46 Å². The topological polar surface area (TPSA) is 130 Å². The van der Waals surface area contributed by atoms with Gasteiger partial charge in [0.25, 0.3) is 0 Å². The van der Waals surface area contributed by atoms with Gasteiger partial charge >= 0.3 is 0 Å². The number of nitrogens with two attached hydrogens (primary N) is 5. The van der Waals surface area contributed by atoms with Gasteiger partial charge in [-0.25, -0.2) is 0 Å². The van der Waals surface area contributed by atoms with E-state index in [1.807, 2.05) is 0 Å². The molecule has 0 unspecified atom stereocenters. The van der Waals surface area contributed by atoms with Crippen molar-refractivity contribution in [2.24, 2.45) is 28.7 Å². The largest absolute Gasteiger partial charge is 0.301 e. The lowest BCUT2D eigenvalue weighted by Gasteiger charge is -2.31. The second kappa shape index (κ2) is 2.05. The first-order valence-electron chi connectivity index (χ1n) is 1.88. The Bertz CT molecular complexity index is 65.4. The third kappa shape index (κ3) is 2.20. The molecule has 0 amide bonds. The molecule has 6 heteroatoms. The van der Waals surface area contributed by atoms with Gasteiger partial charge in [-0.05, 0) is 22.6 Å². The van der Waals surface area contributed by atoms with Crippen molar-refractivity contribution in [2.45, 2.75) is 9.46 Å². The summed E-state index contributed by atoms with van der Waals surface area (Å²) in [5.74, 6) is -1.52. The van der Waals surface area contributed by atoms with Crippen LogP contribution in [0.4, 0.5) is 0 Å². The van der Waals surface area contributed by atoms with Crippen LogP contribution >= 0.6 is 22.6 Å². The van der Waals surface area contributed by atoms with E-state index in [4.69, 9.17) is 28.7 Å². The van der Waals surface area contributed by atoms with E-state index >= 15 is 0 Å². The van der Waals surface area contributed by atoms with E-state index in [0.29, 0.717) is 0 Å². The molecule has 0 aliphatic carbocycles. The minimum atomic E-state index is -1.52. The lowest BCUT2D eigenvalue weighted by molar-refractivity contribution is 0.358. The SMILES string of the molecule is NC(N)(N)C(N)(N)I. The molecular weight excluding hydrogens is 221 g/mol. The fourth-order valence-electron chi connectivity index (χ4n) is 0. The smallest absolute Gasteiger partial charge is 0.163 e. The Balaban J connectivity index is 4.02. The highest BCUT2D eigenvalue weighted by Gasteiger charge is 2.33. The summed E-state index contributed by atoms with van der Waals surface area (Å²) in [6.07, 6.45) is 0. The van der Waals surface area contributed by atoms with Gasteiger partial charge in [0.15, 0.2) is 9.46 Å². The third-order valence-electron chi connectivity index (χ3n) is 0.664. The Morgan fingerprint density at radius 1 is 0.875 bits per heavy atom. The van der Waals surface area contributed by atoms with Crippen molar-refractivity contribution in [1.29, 1.82) is 0 Å². The first kappa shape index (κ1) is 8.53. The summed E-state index contributed by atoms with van der Waals surface area (Å²) >= 11 is 1.66. The highest BCUT2D eigenvalue weighted by molar-refractivity contribution is 14.1. The molecule has 0 aromatic carbocycles. The highest BCUT2D eigenvalue weighted by atomic mass is 127. The maximum atomic E-state index is 5.20. The van der Waals surface area contributed by atoms with Crippen LogP contribution < -0.4 is 28.7 Å². The summed E-state index contributed by atoms with van der Waals surface area (Å²) in [5.41, 5.74) is 25.7. The van der Waals surface area contributed by atoms with Crippen LogP contribution in [0.5, 0.6) is 0 Å². The summed E-state index contributed by atoms with van der Waals surface area (Å²) in [7, 11) is 0. The van der Waals surface area contributed by atoms with Gasteiger partial charge in [-0.2, -0.15) is 0 Å². The van der Waals surface area contributed by atoms with Gasteiger partial charge in [-0.15, -0.1) is 0 Å². The van der Waals surface area contributed by atoms with Crippen molar-refractivity contribution in [2.75, 3.05) is 0 Å². The average molecular weight is 231 g/mol. The van der Waals surface area contributed by atoms with Gasteiger partial charge in [0.2, 0.25) is 0 Å².